The first-order valence-corrected chi connectivity index (χ1v) is 8.16. The lowest BCUT2D eigenvalue weighted by Gasteiger charge is -2.11. The molecule has 0 aliphatic carbocycles. The van der Waals surface area contributed by atoms with Crippen LogP contribution in [0.1, 0.15) is 12.8 Å². The molecule has 142 valence electrons. The molecule has 8 heteroatoms. The highest BCUT2D eigenvalue weighted by atomic mass is 16.6. The largest absolute Gasteiger partial charge is 0.379 e. The fraction of sp³-hybridized carbons (Fsp3) is 0.875. The monoisotopic (exact) mass is 348 g/mol. The summed E-state index contributed by atoms with van der Waals surface area (Å²) >= 11 is 0. The first-order valence-electron chi connectivity index (χ1n) is 8.16. The molecule has 0 unspecified atom stereocenters. The van der Waals surface area contributed by atoms with Gasteiger partial charge in [0, 0.05) is 28.2 Å². The molecule has 0 N–H and O–H groups in total. The molecule has 0 radical (unpaired) electrons. The average Bonchev–Trinajstić information content (AvgIpc) is 2.54. The van der Waals surface area contributed by atoms with Crippen molar-refractivity contribution in [1.29, 1.82) is 0 Å². The molecule has 0 fully saturated rings. The van der Waals surface area contributed by atoms with E-state index in [9.17, 15) is 9.59 Å². The number of hydrogen-bond acceptors (Lipinski definition) is 6. The molecule has 0 rings (SSSR count). The Morgan fingerprint density at radius 1 is 0.542 bits per heavy atom. The Labute approximate surface area is 145 Å². The zero-order valence-corrected chi connectivity index (χ0v) is 15.4. The van der Waals surface area contributed by atoms with Crippen LogP contribution in [-0.4, -0.2) is 103 Å². The van der Waals surface area contributed by atoms with Crippen LogP contribution in [0.2, 0.25) is 0 Å². The van der Waals surface area contributed by atoms with E-state index in [4.69, 9.17) is 18.9 Å². The summed E-state index contributed by atoms with van der Waals surface area (Å²) in [5, 5.41) is 0. The minimum Gasteiger partial charge on any atom is -0.379 e. The number of carbonyl (C=O) groups excluding carboxylic acids is 2. The van der Waals surface area contributed by atoms with E-state index < -0.39 is 0 Å². The van der Waals surface area contributed by atoms with Gasteiger partial charge in [0.15, 0.2) is 0 Å². The summed E-state index contributed by atoms with van der Waals surface area (Å²) in [4.78, 5) is 25.6. The van der Waals surface area contributed by atoms with Crippen LogP contribution >= 0.6 is 0 Å². The summed E-state index contributed by atoms with van der Waals surface area (Å²) in [5.74, 6) is 0.107. The lowest BCUT2D eigenvalue weighted by molar-refractivity contribution is -0.130. The van der Waals surface area contributed by atoms with E-state index in [1.807, 2.05) is 0 Å². The van der Waals surface area contributed by atoms with Gasteiger partial charge in [0.05, 0.1) is 65.7 Å². The number of amides is 2. The van der Waals surface area contributed by atoms with Crippen molar-refractivity contribution in [3.8, 4) is 0 Å². The SMILES string of the molecule is CN(C)C(=O)CCOCCOCCOCCOCCC(=O)N(C)C. The maximum atomic E-state index is 11.3. The zero-order chi connectivity index (χ0) is 18.2. The van der Waals surface area contributed by atoms with E-state index in [1.165, 1.54) is 0 Å². The minimum atomic E-state index is 0.0533. The Hall–Kier alpha value is -1.22. The van der Waals surface area contributed by atoms with E-state index in [2.05, 4.69) is 0 Å². The van der Waals surface area contributed by atoms with E-state index in [0.29, 0.717) is 65.7 Å². The molecule has 0 aromatic carbocycles. The lowest BCUT2D eigenvalue weighted by atomic mass is 10.4. The topological polar surface area (TPSA) is 77.5 Å². The Morgan fingerprint density at radius 3 is 1.04 bits per heavy atom. The van der Waals surface area contributed by atoms with Crippen LogP contribution in [0.3, 0.4) is 0 Å². The van der Waals surface area contributed by atoms with Crippen molar-refractivity contribution >= 4 is 11.8 Å². The standard InChI is InChI=1S/C16H32N2O6/c1-17(2)15(19)5-7-21-9-11-23-13-14-24-12-10-22-8-6-16(20)18(3)4/h5-14H2,1-4H3. The fourth-order valence-electron chi connectivity index (χ4n) is 1.53. The normalized spacial score (nSPS) is 10.7. The minimum absolute atomic E-state index is 0.0533. The quantitative estimate of drug-likeness (QED) is 0.388. The third-order valence-electron chi connectivity index (χ3n) is 3.03. The van der Waals surface area contributed by atoms with Gasteiger partial charge in [-0.2, -0.15) is 0 Å². The molecule has 24 heavy (non-hydrogen) atoms. The molecule has 0 saturated heterocycles. The fourth-order valence-corrected chi connectivity index (χ4v) is 1.53. The van der Waals surface area contributed by atoms with Crippen LogP contribution in [0.15, 0.2) is 0 Å². The van der Waals surface area contributed by atoms with Gasteiger partial charge in [-0.1, -0.05) is 0 Å². The Kier molecular flexibility index (Phi) is 14.5. The predicted octanol–water partition coefficient (Wildman–Crippen LogP) is 0.00940. The molecule has 0 aliphatic heterocycles. The Morgan fingerprint density at radius 2 is 0.792 bits per heavy atom. The van der Waals surface area contributed by atoms with Crippen molar-refractivity contribution in [2.45, 2.75) is 12.8 Å². The summed E-state index contributed by atoms with van der Waals surface area (Å²) in [6.07, 6.45) is 0.770. The van der Waals surface area contributed by atoms with Crippen LogP contribution in [0.5, 0.6) is 0 Å². The average molecular weight is 348 g/mol. The summed E-state index contributed by atoms with van der Waals surface area (Å²) < 4.78 is 21.3. The molecule has 0 heterocycles. The predicted molar refractivity (Wildman–Crippen MR) is 89.9 cm³/mol. The smallest absolute Gasteiger partial charge is 0.224 e. The van der Waals surface area contributed by atoms with Gasteiger partial charge in [-0.05, 0) is 0 Å². The maximum absolute atomic E-state index is 11.3. The molecule has 0 aromatic heterocycles. The van der Waals surface area contributed by atoms with E-state index in [1.54, 1.807) is 38.0 Å². The molecule has 0 aromatic rings. The van der Waals surface area contributed by atoms with Gasteiger partial charge in [0.2, 0.25) is 11.8 Å². The summed E-state index contributed by atoms with van der Waals surface area (Å²) in [6.45, 7) is 3.66. The van der Waals surface area contributed by atoms with E-state index in [-0.39, 0.29) is 11.8 Å². The molecule has 0 bridgehead atoms. The highest BCUT2D eigenvalue weighted by molar-refractivity contribution is 5.75. The molecule has 0 saturated carbocycles. The van der Waals surface area contributed by atoms with Gasteiger partial charge in [-0.25, -0.2) is 0 Å². The highest BCUT2D eigenvalue weighted by Gasteiger charge is 2.03. The first-order chi connectivity index (χ1) is 11.4. The van der Waals surface area contributed by atoms with Crippen molar-refractivity contribution in [3.63, 3.8) is 0 Å². The third-order valence-corrected chi connectivity index (χ3v) is 3.03. The van der Waals surface area contributed by atoms with Crippen molar-refractivity contribution in [2.24, 2.45) is 0 Å². The van der Waals surface area contributed by atoms with E-state index in [0.717, 1.165) is 0 Å². The van der Waals surface area contributed by atoms with Gasteiger partial charge in [0.25, 0.3) is 0 Å². The molecular formula is C16H32N2O6. The number of ether oxygens (including phenoxy) is 4. The molecule has 0 atom stereocenters. The second kappa shape index (κ2) is 15.3. The van der Waals surface area contributed by atoms with E-state index >= 15 is 0 Å². The van der Waals surface area contributed by atoms with Crippen molar-refractivity contribution in [2.75, 3.05) is 81.0 Å². The zero-order valence-electron chi connectivity index (χ0n) is 15.4. The molecule has 2 amide bonds. The van der Waals surface area contributed by atoms with Gasteiger partial charge in [0.1, 0.15) is 0 Å². The van der Waals surface area contributed by atoms with Crippen molar-refractivity contribution in [1.82, 2.24) is 9.80 Å². The van der Waals surface area contributed by atoms with Crippen LogP contribution in [0, 0.1) is 0 Å². The molecular weight excluding hydrogens is 316 g/mol. The van der Waals surface area contributed by atoms with Gasteiger partial charge >= 0.3 is 0 Å². The third kappa shape index (κ3) is 14.4. The lowest BCUT2D eigenvalue weighted by Crippen LogP contribution is -2.23. The second-order valence-corrected chi connectivity index (χ2v) is 5.53. The van der Waals surface area contributed by atoms with Crippen molar-refractivity contribution in [3.05, 3.63) is 0 Å². The number of hydrogen-bond donors (Lipinski definition) is 0. The number of carbonyl (C=O) groups is 2. The Balaban J connectivity index is 3.15. The summed E-state index contributed by atoms with van der Waals surface area (Å²) in [6, 6.07) is 0. The Bertz CT molecular complexity index is 305. The molecule has 0 spiro atoms. The van der Waals surface area contributed by atoms with Crippen LogP contribution in [0.4, 0.5) is 0 Å². The second-order valence-electron chi connectivity index (χ2n) is 5.53. The molecule has 0 aliphatic rings. The highest BCUT2D eigenvalue weighted by Crippen LogP contribution is 1.90. The first kappa shape index (κ1) is 22.8. The van der Waals surface area contributed by atoms with Crippen LogP contribution in [0.25, 0.3) is 0 Å². The van der Waals surface area contributed by atoms with Crippen LogP contribution in [-0.2, 0) is 28.5 Å². The summed E-state index contributed by atoms with van der Waals surface area (Å²) in [5.41, 5.74) is 0. The van der Waals surface area contributed by atoms with Gasteiger partial charge < -0.3 is 28.7 Å². The number of rotatable bonds is 15. The van der Waals surface area contributed by atoms with Crippen molar-refractivity contribution < 1.29 is 28.5 Å². The van der Waals surface area contributed by atoms with Gasteiger partial charge in [-0.3, -0.25) is 9.59 Å². The molecule has 8 nitrogen and oxygen atoms in total. The van der Waals surface area contributed by atoms with Gasteiger partial charge in [-0.15, -0.1) is 0 Å². The number of nitrogens with zero attached hydrogens (tertiary/aromatic N) is 2. The maximum Gasteiger partial charge on any atom is 0.224 e. The summed E-state index contributed by atoms with van der Waals surface area (Å²) in [7, 11) is 6.89. The van der Waals surface area contributed by atoms with Crippen LogP contribution < -0.4 is 0 Å².